The van der Waals surface area contributed by atoms with Gasteiger partial charge in [-0.2, -0.15) is 9.65 Å². The molecule has 30 heavy (non-hydrogen) atoms. The molecular weight excluding hydrogens is 369 g/mol. The molecule has 0 aliphatic heterocycles. The minimum absolute atomic E-state index is 0.706. The van der Waals surface area contributed by atoms with Crippen LogP contribution in [0, 0.1) is 35.0 Å². The zero-order chi connectivity index (χ0) is 21.4. The number of rotatable bonds is 13. The molecule has 0 radical (unpaired) electrons. The van der Waals surface area contributed by atoms with Crippen molar-refractivity contribution >= 4 is 0 Å². The molecule has 0 heterocycles. The van der Waals surface area contributed by atoms with Gasteiger partial charge in [-0.1, -0.05) is 122 Å². The van der Waals surface area contributed by atoms with Gasteiger partial charge in [0.15, 0.2) is 5.83 Å². The normalized spacial score (nSPS) is 28.0. The highest BCUT2D eigenvalue weighted by molar-refractivity contribution is 5.18. The Bertz CT molecular complexity index is 527. The van der Waals surface area contributed by atoms with E-state index in [-0.39, 0.29) is 0 Å². The van der Waals surface area contributed by atoms with E-state index in [9.17, 15) is 4.39 Å². The highest BCUT2D eigenvalue weighted by Crippen LogP contribution is 2.38. The first kappa shape index (κ1) is 25.2. The summed E-state index contributed by atoms with van der Waals surface area (Å²) in [5, 5.41) is 8.39. The number of hydrogen-bond donors (Lipinski definition) is 0. The molecule has 0 N–H and O–H groups in total. The van der Waals surface area contributed by atoms with Crippen LogP contribution in [0.25, 0.3) is 0 Å². The minimum Gasteiger partial charge on any atom is -0.195 e. The van der Waals surface area contributed by atoms with Crippen LogP contribution in [0.15, 0.2) is 24.1 Å². The lowest BCUT2D eigenvalue weighted by atomic mass is 9.74. The number of unbranched alkanes of at least 4 members (excludes halogenated alkanes) is 4. The van der Waals surface area contributed by atoms with Gasteiger partial charge in [0.1, 0.15) is 6.07 Å². The standard InChI is InChI=1S/C28H46FN/c1-2-3-4-5-7-10-24-13-17-26(18-14-24)21-22-27-19-15-25(16-20-27)11-8-6-9-12-28(29)23-30/h6,9,12,24-27H,2-5,7-8,10-11,13-22H2,1H3/t24-,25?,26-,27?. The van der Waals surface area contributed by atoms with Crippen LogP contribution in [0.5, 0.6) is 0 Å². The van der Waals surface area contributed by atoms with Gasteiger partial charge in [0.05, 0.1) is 0 Å². The number of hydrogen-bond acceptors (Lipinski definition) is 1. The zero-order valence-corrected chi connectivity index (χ0v) is 19.6. The van der Waals surface area contributed by atoms with Gasteiger partial charge in [-0.05, 0) is 42.6 Å². The molecule has 2 fully saturated rings. The van der Waals surface area contributed by atoms with E-state index >= 15 is 0 Å². The molecule has 0 aromatic carbocycles. The summed E-state index contributed by atoms with van der Waals surface area (Å²) in [4.78, 5) is 0. The van der Waals surface area contributed by atoms with Crippen LogP contribution in [0.1, 0.15) is 122 Å². The average Bonchev–Trinajstić information content (AvgIpc) is 2.78. The molecule has 0 atom stereocenters. The highest BCUT2D eigenvalue weighted by atomic mass is 19.1. The van der Waals surface area contributed by atoms with E-state index in [2.05, 4.69) is 6.92 Å². The van der Waals surface area contributed by atoms with Crippen molar-refractivity contribution in [3.8, 4) is 6.07 Å². The van der Waals surface area contributed by atoms with Gasteiger partial charge < -0.3 is 0 Å². The van der Waals surface area contributed by atoms with Crippen molar-refractivity contribution in [2.45, 2.75) is 122 Å². The van der Waals surface area contributed by atoms with Crippen molar-refractivity contribution in [1.82, 2.24) is 0 Å². The van der Waals surface area contributed by atoms with Crippen molar-refractivity contribution in [3.05, 3.63) is 24.1 Å². The zero-order valence-electron chi connectivity index (χ0n) is 19.6. The fourth-order valence-corrected chi connectivity index (χ4v) is 5.74. The maximum absolute atomic E-state index is 12.7. The number of allylic oxidation sites excluding steroid dienone is 4. The van der Waals surface area contributed by atoms with Crippen LogP contribution >= 0.6 is 0 Å². The van der Waals surface area contributed by atoms with Gasteiger partial charge in [-0.25, -0.2) is 0 Å². The summed E-state index contributed by atoms with van der Waals surface area (Å²) < 4.78 is 12.7. The summed E-state index contributed by atoms with van der Waals surface area (Å²) in [5.74, 6) is 3.18. The van der Waals surface area contributed by atoms with Gasteiger partial charge >= 0.3 is 0 Å². The first-order valence-electron chi connectivity index (χ1n) is 13.1. The molecule has 170 valence electrons. The lowest BCUT2D eigenvalue weighted by Gasteiger charge is -2.32. The van der Waals surface area contributed by atoms with Crippen molar-refractivity contribution in [1.29, 1.82) is 5.26 Å². The van der Waals surface area contributed by atoms with E-state index < -0.39 is 5.83 Å². The number of nitrogens with zero attached hydrogens (tertiary/aromatic N) is 1. The second-order valence-corrected chi connectivity index (χ2v) is 10.2. The lowest BCUT2D eigenvalue weighted by Crippen LogP contribution is -2.18. The number of halogens is 1. The topological polar surface area (TPSA) is 23.8 Å². The molecule has 0 spiro atoms. The first-order valence-corrected chi connectivity index (χ1v) is 13.1. The molecule has 1 nitrogen and oxygen atoms in total. The monoisotopic (exact) mass is 415 g/mol. The van der Waals surface area contributed by atoms with Gasteiger partial charge in [-0.15, -0.1) is 0 Å². The van der Waals surface area contributed by atoms with Crippen molar-refractivity contribution in [2.24, 2.45) is 23.7 Å². The van der Waals surface area contributed by atoms with Gasteiger partial charge in [-0.3, -0.25) is 0 Å². The van der Waals surface area contributed by atoms with Crippen LogP contribution in [-0.2, 0) is 0 Å². The predicted octanol–water partition coefficient (Wildman–Crippen LogP) is 9.45. The molecular formula is C28H46FN. The van der Waals surface area contributed by atoms with Gasteiger partial charge in [0.25, 0.3) is 0 Å². The number of nitriles is 1. The second kappa shape index (κ2) is 15.7. The Kier molecular flexibility index (Phi) is 13.1. The van der Waals surface area contributed by atoms with Crippen LogP contribution in [0.4, 0.5) is 4.39 Å². The third-order valence-electron chi connectivity index (χ3n) is 7.86. The van der Waals surface area contributed by atoms with Crippen molar-refractivity contribution in [3.63, 3.8) is 0 Å². The summed E-state index contributed by atoms with van der Waals surface area (Å²) in [6, 6.07) is 1.50. The summed E-state index contributed by atoms with van der Waals surface area (Å²) in [6.45, 7) is 2.30. The average molecular weight is 416 g/mol. The van der Waals surface area contributed by atoms with Gasteiger partial charge in [0, 0.05) is 0 Å². The van der Waals surface area contributed by atoms with E-state index in [1.54, 1.807) is 6.08 Å². The Labute approximate surface area is 186 Å². The highest BCUT2D eigenvalue weighted by Gasteiger charge is 2.24. The molecule has 0 bridgehead atoms. The second-order valence-electron chi connectivity index (χ2n) is 10.2. The SMILES string of the molecule is CCCCCCC[C@H]1CC[C@H](CCC2CCC(CCC=CC=C(F)C#N)CC2)CC1. The summed E-state index contributed by atoms with van der Waals surface area (Å²) in [6.07, 6.45) is 30.4. The Hall–Kier alpha value is -1.10. The van der Waals surface area contributed by atoms with E-state index in [1.165, 1.54) is 121 Å². The van der Waals surface area contributed by atoms with E-state index in [1.807, 2.05) is 6.08 Å². The largest absolute Gasteiger partial charge is 0.199 e. The molecule has 0 aromatic rings. The van der Waals surface area contributed by atoms with Crippen molar-refractivity contribution in [2.75, 3.05) is 0 Å². The minimum atomic E-state index is -0.706. The van der Waals surface area contributed by atoms with Gasteiger partial charge in [0.2, 0.25) is 0 Å². The fourth-order valence-electron chi connectivity index (χ4n) is 5.74. The molecule has 2 heteroatoms. The lowest BCUT2D eigenvalue weighted by molar-refractivity contribution is 0.208. The predicted molar refractivity (Wildman–Crippen MR) is 127 cm³/mol. The Morgan fingerprint density at radius 3 is 1.80 bits per heavy atom. The molecule has 2 aliphatic rings. The molecule has 0 unspecified atom stereocenters. The van der Waals surface area contributed by atoms with E-state index in [0.29, 0.717) is 0 Å². The molecule has 2 saturated carbocycles. The van der Waals surface area contributed by atoms with Crippen LogP contribution in [-0.4, -0.2) is 0 Å². The van der Waals surface area contributed by atoms with Crippen LogP contribution in [0.2, 0.25) is 0 Å². The Balaban J connectivity index is 1.48. The van der Waals surface area contributed by atoms with E-state index in [4.69, 9.17) is 5.26 Å². The summed E-state index contributed by atoms with van der Waals surface area (Å²) >= 11 is 0. The molecule has 2 rings (SSSR count). The maximum atomic E-state index is 12.7. The van der Waals surface area contributed by atoms with Crippen LogP contribution in [0.3, 0.4) is 0 Å². The summed E-state index contributed by atoms with van der Waals surface area (Å²) in [7, 11) is 0. The first-order chi connectivity index (χ1) is 14.7. The fraction of sp³-hybridized carbons (Fsp3) is 0.821. The smallest absolute Gasteiger partial charge is 0.195 e. The van der Waals surface area contributed by atoms with Crippen molar-refractivity contribution < 1.29 is 4.39 Å². The molecule has 0 aromatic heterocycles. The molecule has 2 aliphatic carbocycles. The Morgan fingerprint density at radius 2 is 1.27 bits per heavy atom. The third-order valence-corrected chi connectivity index (χ3v) is 7.86. The third kappa shape index (κ3) is 10.8. The Morgan fingerprint density at radius 1 is 0.767 bits per heavy atom. The van der Waals surface area contributed by atoms with Crippen LogP contribution < -0.4 is 0 Å². The van der Waals surface area contributed by atoms with E-state index in [0.717, 1.165) is 30.1 Å². The molecule has 0 amide bonds. The quantitative estimate of drug-likeness (QED) is 0.167. The molecule has 0 saturated heterocycles. The maximum Gasteiger partial charge on any atom is 0.199 e. The summed E-state index contributed by atoms with van der Waals surface area (Å²) in [5.41, 5.74) is 0.